The van der Waals surface area contributed by atoms with Crippen molar-refractivity contribution in [2.45, 2.75) is 0 Å². The zero-order valence-electron chi connectivity index (χ0n) is 18.5. The van der Waals surface area contributed by atoms with Crippen molar-refractivity contribution in [1.82, 2.24) is 0 Å². The molecule has 0 saturated heterocycles. The Morgan fingerprint density at radius 1 is 0.588 bits per heavy atom. The van der Waals surface area contributed by atoms with Crippen molar-refractivity contribution in [2.75, 3.05) is 10.6 Å². The van der Waals surface area contributed by atoms with E-state index in [-0.39, 0.29) is 87.2 Å². The predicted octanol–water partition coefficient (Wildman–Crippen LogP) is -4.92. The largest absolute Gasteiger partial charge is 1.00 e. The number of para-hydroxylation sites is 2. The van der Waals surface area contributed by atoms with Gasteiger partial charge >= 0.3 is 59.1 Å². The van der Waals surface area contributed by atoms with Gasteiger partial charge in [-0.3, -0.25) is 9.59 Å². The molecule has 0 heterocycles. The molecule has 8 nitrogen and oxygen atoms in total. The Hall–Kier alpha value is -2.72. The van der Waals surface area contributed by atoms with E-state index in [1.165, 1.54) is 54.6 Å². The Balaban J connectivity index is 0.00000289. The average Bonchev–Trinajstić information content (AvgIpc) is 2.78. The van der Waals surface area contributed by atoms with Gasteiger partial charge in [-0.15, -0.1) is 0 Å². The number of anilines is 2. The van der Waals surface area contributed by atoms with Gasteiger partial charge in [0.2, 0.25) is 0 Å². The van der Waals surface area contributed by atoms with Crippen molar-refractivity contribution >= 4 is 41.2 Å². The molecule has 0 saturated carbocycles. The van der Waals surface area contributed by atoms with Gasteiger partial charge in [0.1, 0.15) is 5.57 Å². The molecule has 3 aromatic carbocycles. The number of amides is 2. The molecule has 0 bridgehead atoms. The van der Waals surface area contributed by atoms with Gasteiger partial charge in [0, 0.05) is 11.1 Å². The van der Waals surface area contributed by atoms with Crippen LogP contribution in [0.5, 0.6) is 0 Å². The molecule has 0 atom stereocenters. The third kappa shape index (κ3) is 7.66. The van der Waals surface area contributed by atoms with Crippen LogP contribution in [0.2, 0.25) is 0 Å². The summed E-state index contributed by atoms with van der Waals surface area (Å²) in [6.45, 7) is 0. The summed E-state index contributed by atoms with van der Waals surface area (Å²) >= 11 is 0. The van der Waals surface area contributed by atoms with Crippen molar-refractivity contribution in [3.63, 3.8) is 0 Å². The first-order valence-electron chi connectivity index (χ1n) is 9.37. The van der Waals surface area contributed by atoms with E-state index in [4.69, 9.17) is 0 Å². The standard InChI is InChI=1S/C24H18N2O6.2Na/c27-21(25-19-12-6-4-10-16(19)23(29)30)18(14-15-8-2-1-3-9-15)22(28)26-20-13-7-5-11-17(20)24(31)32;;/h1-14H,(H,25,27)(H,26,28)(H,29,30)(H,31,32);;/q;2*+1/p-2. The number of benzene rings is 3. The minimum atomic E-state index is -1.50. The first kappa shape index (κ1) is 29.3. The first-order valence-corrected chi connectivity index (χ1v) is 9.37. The molecule has 10 heteroatoms. The molecule has 3 rings (SSSR count). The second-order valence-corrected chi connectivity index (χ2v) is 6.54. The topological polar surface area (TPSA) is 138 Å². The van der Waals surface area contributed by atoms with Gasteiger partial charge in [0.15, 0.2) is 0 Å². The number of carboxylic acid groups (broad SMARTS) is 2. The van der Waals surface area contributed by atoms with Crippen LogP contribution in [0.15, 0.2) is 84.4 Å². The van der Waals surface area contributed by atoms with E-state index in [0.29, 0.717) is 5.56 Å². The number of rotatable bonds is 7. The van der Waals surface area contributed by atoms with Crippen LogP contribution in [0.3, 0.4) is 0 Å². The summed E-state index contributed by atoms with van der Waals surface area (Å²) in [5.74, 6) is -4.79. The van der Waals surface area contributed by atoms with Crippen molar-refractivity contribution < 1.29 is 88.5 Å². The van der Waals surface area contributed by atoms with Crippen LogP contribution < -0.4 is 80.0 Å². The quantitative estimate of drug-likeness (QED) is 0.152. The molecule has 0 radical (unpaired) electrons. The van der Waals surface area contributed by atoms with E-state index < -0.39 is 23.8 Å². The van der Waals surface area contributed by atoms with Gasteiger partial charge < -0.3 is 30.4 Å². The Morgan fingerprint density at radius 3 is 1.38 bits per heavy atom. The maximum absolute atomic E-state index is 13.0. The molecular weight excluding hydrogens is 458 g/mol. The summed E-state index contributed by atoms with van der Waals surface area (Å²) in [5, 5.41) is 27.4. The molecular formula is C24H16N2Na2O6. The molecule has 2 N–H and O–H groups in total. The third-order valence-corrected chi connectivity index (χ3v) is 4.39. The molecule has 3 aromatic rings. The summed E-state index contributed by atoms with van der Waals surface area (Å²) in [6, 6.07) is 19.6. The van der Waals surface area contributed by atoms with Crippen LogP contribution in [-0.4, -0.2) is 23.8 Å². The van der Waals surface area contributed by atoms with Gasteiger partial charge in [-0.1, -0.05) is 66.7 Å². The fourth-order valence-electron chi connectivity index (χ4n) is 2.87. The molecule has 2 amide bonds. The van der Waals surface area contributed by atoms with Crippen LogP contribution in [0.4, 0.5) is 11.4 Å². The van der Waals surface area contributed by atoms with E-state index in [1.54, 1.807) is 30.3 Å². The smallest absolute Gasteiger partial charge is 0.545 e. The summed E-state index contributed by atoms with van der Waals surface area (Å²) < 4.78 is 0. The second-order valence-electron chi connectivity index (χ2n) is 6.54. The number of hydrogen-bond donors (Lipinski definition) is 2. The minimum Gasteiger partial charge on any atom is -0.545 e. The summed E-state index contributed by atoms with van der Waals surface area (Å²) in [5.41, 5.74) is -0.490. The number of hydrogen-bond acceptors (Lipinski definition) is 6. The Bertz CT molecular complexity index is 1160. The van der Waals surface area contributed by atoms with Gasteiger partial charge in [0.25, 0.3) is 11.8 Å². The van der Waals surface area contributed by atoms with Gasteiger partial charge in [-0.2, -0.15) is 0 Å². The first-order chi connectivity index (χ1) is 15.4. The normalized spacial score (nSPS) is 9.41. The molecule has 34 heavy (non-hydrogen) atoms. The molecule has 0 unspecified atom stereocenters. The number of aromatic carboxylic acids is 2. The maximum Gasteiger partial charge on any atom is 1.00 e. The molecule has 0 aliphatic carbocycles. The van der Waals surface area contributed by atoms with E-state index in [2.05, 4.69) is 10.6 Å². The second kappa shape index (κ2) is 13.9. The van der Waals surface area contributed by atoms with E-state index in [9.17, 15) is 29.4 Å². The Labute approximate surface area is 239 Å². The molecule has 0 spiro atoms. The van der Waals surface area contributed by atoms with Crippen molar-refractivity contribution in [1.29, 1.82) is 0 Å². The number of nitrogens with one attached hydrogen (secondary N) is 2. The van der Waals surface area contributed by atoms with Gasteiger partial charge in [0.05, 0.1) is 23.3 Å². The summed E-state index contributed by atoms with van der Waals surface area (Å²) in [7, 11) is 0. The Kier molecular flexibility index (Phi) is 11.9. The fraction of sp³-hybridized carbons (Fsp3) is 0. The molecule has 0 aliphatic rings. The van der Waals surface area contributed by atoms with Gasteiger partial charge in [-0.05, 0) is 23.8 Å². The van der Waals surface area contributed by atoms with Crippen LogP contribution in [-0.2, 0) is 9.59 Å². The van der Waals surface area contributed by atoms with Crippen LogP contribution >= 0.6 is 0 Å². The van der Waals surface area contributed by atoms with E-state index >= 15 is 0 Å². The van der Waals surface area contributed by atoms with Crippen LogP contribution in [0, 0.1) is 0 Å². The van der Waals surface area contributed by atoms with Crippen LogP contribution in [0.1, 0.15) is 26.3 Å². The van der Waals surface area contributed by atoms with Crippen molar-refractivity contribution in [3.8, 4) is 0 Å². The number of carboxylic acids is 2. The predicted molar refractivity (Wildman–Crippen MR) is 113 cm³/mol. The van der Waals surface area contributed by atoms with Crippen LogP contribution in [0.25, 0.3) is 6.08 Å². The zero-order chi connectivity index (χ0) is 23.1. The van der Waals surface area contributed by atoms with Crippen molar-refractivity contribution in [3.05, 3.63) is 101 Å². The zero-order valence-corrected chi connectivity index (χ0v) is 22.5. The summed E-state index contributed by atoms with van der Waals surface area (Å²) in [4.78, 5) is 48.6. The Morgan fingerprint density at radius 2 is 0.971 bits per heavy atom. The molecule has 0 fully saturated rings. The minimum absolute atomic E-state index is 0. The molecule has 0 aromatic heterocycles. The van der Waals surface area contributed by atoms with Gasteiger partial charge in [-0.25, -0.2) is 0 Å². The fourth-order valence-corrected chi connectivity index (χ4v) is 2.87. The average molecular weight is 474 g/mol. The van der Waals surface area contributed by atoms with E-state index in [0.717, 1.165) is 0 Å². The number of carbonyl (C=O) groups is 4. The summed E-state index contributed by atoms with van der Waals surface area (Å²) in [6.07, 6.45) is 1.30. The van der Waals surface area contributed by atoms with E-state index in [1.807, 2.05) is 0 Å². The van der Waals surface area contributed by atoms with Crippen molar-refractivity contribution in [2.24, 2.45) is 0 Å². The monoisotopic (exact) mass is 474 g/mol. The molecule has 160 valence electrons. The maximum atomic E-state index is 13.0. The third-order valence-electron chi connectivity index (χ3n) is 4.39. The molecule has 0 aliphatic heterocycles. The SMILES string of the molecule is O=C(Nc1ccccc1C(=O)[O-])C(=Cc1ccccc1)C(=O)Nc1ccccc1C(=O)[O-].[Na+].[Na+]. The number of carbonyl (C=O) groups excluding carboxylic acids is 4.